The van der Waals surface area contributed by atoms with Crippen LogP contribution >= 0.6 is 11.8 Å². The van der Waals surface area contributed by atoms with Crippen LogP contribution in [0.1, 0.15) is 38.5 Å². The van der Waals surface area contributed by atoms with Crippen LogP contribution in [0, 0.1) is 0 Å². The molecule has 0 saturated heterocycles. The van der Waals surface area contributed by atoms with E-state index < -0.39 is 0 Å². The van der Waals surface area contributed by atoms with Gasteiger partial charge in [0.15, 0.2) is 0 Å². The zero-order valence-corrected chi connectivity index (χ0v) is 13.6. The van der Waals surface area contributed by atoms with E-state index in [2.05, 4.69) is 42.7 Å². The van der Waals surface area contributed by atoms with Gasteiger partial charge in [0.2, 0.25) is 0 Å². The highest BCUT2D eigenvalue weighted by atomic mass is 32.2. The van der Waals surface area contributed by atoms with Crippen molar-refractivity contribution in [3.63, 3.8) is 0 Å². The summed E-state index contributed by atoms with van der Waals surface area (Å²) in [6.45, 7) is 0. The van der Waals surface area contributed by atoms with E-state index in [0.29, 0.717) is 6.04 Å². The van der Waals surface area contributed by atoms with E-state index in [4.69, 9.17) is 4.74 Å². The summed E-state index contributed by atoms with van der Waals surface area (Å²) in [6, 6.07) is 8.74. The lowest BCUT2D eigenvalue weighted by atomic mass is 9.92. The molecule has 114 valence electrons. The van der Waals surface area contributed by atoms with Gasteiger partial charge in [-0.2, -0.15) is 0 Å². The fraction of sp³-hybridized carbons (Fsp3) is 0.556. The predicted molar refractivity (Wildman–Crippen MR) is 90.2 cm³/mol. The zero-order chi connectivity index (χ0) is 14.5. The van der Waals surface area contributed by atoms with Crippen molar-refractivity contribution in [2.45, 2.75) is 55.6 Å². The summed E-state index contributed by atoms with van der Waals surface area (Å²) >= 11 is 1.92. The molecule has 0 spiro atoms. The standard InChI is InChI=1S/C18H25NOS/c1-19-18(14-9-5-3-2-4-6-10-14)16-13-21-17-12-8-7-11-15(17)20-16/h7-9,11-12,16,18-19H,2-6,10,13H2,1H3/b14-9+. The van der Waals surface area contributed by atoms with E-state index in [9.17, 15) is 0 Å². The molecule has 0 bridgehead atoms. The molecule has 2 aliphatic rings. The fourth-order valence-electron chi connectivity index (χ4n) is 3.31. The molecule has 1 heterocycles. The van der Waals surface area contributed by atoms with Crippen LogP contribution in [0.5, 0.6) is 5.75 Å². The molecular weight excluding hydrogens is 278 g/mol. The molecule has 2 unspecified atom stereocenters. The first-order valence-corrected chi connectivity index (χ1v) is 9.11. The molecule has 1 N–H and O–H groups in total. The zero-order valence-electron chi connectivity index (χ0n) is 12.8. The first kappa shape index (κ1) is 15.0. The Hall–Kier alpha value is -0.930. The number of hydrogen-bond acceptors (Lipinski definition) is 3. The average molecular weight is 303 g/mol. The summed E-state index contributed by atoms with van der Waals surface area (Å²) in [5, 5.41) is 3.51. The minimum Gasteiger partial charge on any atom is -0.486 e. The highest BCUT2D eigenvalue weighted by molar-refractivity contribution is 7.99. The van der Waals surface area contributed by atoms with Crippen LogP contribution in [0.25, 0.3) is 0 Å². The van der Waals surface area contributed by atoms with Gasteiger partial charge in [-0.05, 0) is 44.9 Å². The molecule has 1 aromatic carbocycles. The van der Waals surface area contributed by atoms with Crippen molar-refractivity contribution in [3.05, 3.63) is 35.9 Å². The molecule has 0 aromatic heterocycles. The van der Waals surface area contributed by atoms with E-state index >= 15 is 0 Å². The number of hydrogen-bond donors (Lipinski definition) is 1. The van der Waals surface area contributed by atoms with Gasteiger partial charge in [-0.15, -0.1) is 11.8 Å². The Morgan fingerprint density at radius 3 is 2.95 bits per heavy atom. The third-order valence-electron chi connectivity index (χ3n) is 4.44. The minimum absolute atomic E-state index is 0.237. The molecule has 3 rings (SSSR count). The number of thioether (sulfide) groups is 1. The van der Waals surface area contributed by atoms with E-state index in [-0.39, 0.29) is 6.10 Å². The number of benzene rings is 1. The van der Waals surface area contributed by atoms with Gasteiger partial charge in [0.1, 0.15) is 11.9 Å². The molecule has 0 saturated carbocycles. The van der Waals surface area contributed by atoms with Crippen molar-refractivity contribution in [3.8, 4) is 5.75 Å². The Kier molecular flexibility index (Phi) is 5.26. The molecule has 1 aliphatic heterocycles. The molecule has 21 heavy (non-hydrogen) atoms. The number of rotatable bonds is 3. The van der Waals surface area contributed by atoms with Crippen molar-refractivity contribution in [2.24, 2.45) is 0 Å². The summed E-state index contributed by atoms with van der Waals surface area (Å²) in [4.78, 5) is 1.27. The van der Waals surface area contributed by atoms with Crippen molar-refractivity contribution in [2.75, 3.05) is 12.8 Å². The average Bonchev–Trinajstić information content (AvgIpc) is 2.49. The molecule has 1 aromatic rings. The Balaban J connectivity index is 1.74. The molecule has 0 radical (unpaired) electrons. The van der Waals surface area contributed by atoms with Crippen LogP contribution in [0.4, 0.5) is 0 Å². The summed E-state index contributed by atoms with van der Waals surface area (Å²) in [5.74, 6) is 2.07. The number of ether oxygens (including phenoxy) is 1. The van der Waals surface area contributed by atoms with E-state index in [1.807, 2.05) is 11.8 Å². The highest BCUT2D eigenvalue weighted by Gasteiger charge is 2.29. The maximum Gasteiger partial charge on any atom is 0.133 e. The third kappa shape index (κ3) is 3.64. The largest absolute Gasteiger partial charge is 0.486 e. The van der Waals surface area contributed by atoms with Gasteiger partial charge in [-0.3, -0.25) is 0 Å². The van der Waals surface area contributed by atoms with Gasteiger partial charge in [-0.25, -0.2) is 0 Å². The number of allylic oxidation sites excluding steroid dienone is 1. The van der Waals surface area contributed by atoms with Crippen molar-refractivity contribution < 1.29 is 4.74 Å². The second-order valence-electron chi connectivity index (χ2n) is 5.91. The van der Waals surface area contributed by atoms with Crippen molar-refractivity contribution in [1.29, 1.82) is 0 Å². The van der Waals surface area contributed by atoms with Gasteiger partial charge >= 0.3 is 0 Å². The van der Waals surface area contributed by atoms with Gasteiger partial charge < -0.3 is 10.1 Å². The van der Waals surface area contributed by atoms with Gasteiger partial charge in [0.25, 0.3) is 0 Å². The lowest BCUT2D eigenvalue weighted by Gasteiger charge is -2.33. The highest BCUT2D eigenvalue weighted by Crippen LogP contribution is 2.37. The van der Waals surface area contributed by atoms with Crippen LogP contribution in [-0.2, 0) is 0 Å². The topological polar surface area (TPSA) is 21.3 Å². The predicted octanol–water partition coefficient (Wildman–Crippen LogP) is 4.41. The lowest BCUT2D eigenvalue weighted by Crippen LogP contribution is -2.45. The molecule has 1 aliphatic carbocycles. The Bertz CT molecular complexity index is 500. The van der Waals surface area contributed by atoms with Crippen LogP contribution in [0.3, 0.4) is 0 Å². The molecule has 2 atom stereocenters. The molecule has 0 amide bonds. The number of likely N-dealkylation sites (N-methyl/N-ethyl adjacent to an activating group) is 1. The molecular formula is C18H25NOS. The summed E-state index contributed by atoms with van der Waals surface area (Å²) in [5.41, 5.74) is 1.56. The first-order chi connectivity index (χ1) is 10.4. The van der Waals surface area contributed by atoms with Gasteiger partial charge in [-0.1, -0.05) is 36.6 Å². The summed E-state index contributed by atoms with van der Waals surface area (Å²) in [7, 11) is 2.07. The van der Waals surface area contributed by atoms with Crippen LogP contribution in [0.15, 0.2) is 40.8 Å². The molecule has 2 nitrogen and oxygen atoms in total. The Morgan fingerprint density at radius 2 is 2.05 bits per heavy atom. The van der Waals surface area contributed by atoms with Crippen LogP contribution < -0.4 is 10.1 Å². The second-order valence-corrected chi connectivity index (χ2v) is 6.97. The van der Waals surface area contributed by atoms with Gasteiger partial charge in [0, 0.05) is 10.6 Å². The summed E-state index contributed by atoms with van der Waals surface area (Å²) < 4.78 is 6.29. The quantitative estimate of drug-likeness (QED) is 0.836. The van der Waals surface area contributed by atoms with E-state index in [1.54, 1.807) is 5.57 Å². The van der Waals surface area contributed by atoms with Crippen molar-refractivity contribution in [1.82, 2.24) is 5.32 Å². The number of fused-ring (bicyclic) bond motifs is 1. The fourth-order valence-corrected chi connectivity index (χ4v) is 4.35. The molecule has 3 heteroatoms. The smallest absolute Gasteiger partial charge is 0.133 e. The van der Waals surface area contributed by atoms with Crippen molar-refractivity contribution >= 4 is 11.8 Å². The van der Waals surface area contributed by atoms with E-state index in [0.717, 1.165) is 11.5 Å². The molecule has 0 fully saturated rings. The number of para-hydroxylation sites is 1. The summed E-state index contributed by atoms with van der Waals surface area (Å²) in [6.07, 6.45) is 10.6. The normalized spacial score (nSPS) is 26.5. The van der Waals surface area contributed by atoms with Gasteiger partial charge in [0.05, 0.1) is 6.04 Å². The maximum absolute atomic E-state index is 6.29. The first-order valence-electron chi connectivity index (χ1n) is 8.13. The lowest BCUT2D eigenvalue weighted by molar-refractivity contribution is 0.182. The second kappa shape index (κ2) is 7.37. The monoisotopic (exact) mass is 303 g/mol. The van der Waals surface area contributed by atoms with Crippen LogP contribution in [0.2, 0.25) is 0 Å². The minimum atomic E-state index is 0.237. The van der Waals surface area contributed by atoms with E-state index in [1.165, 1.54) is 43.4 Å². The third-order valence-corrected chi connectivity index (χ3v) is 5.58. The Morgan fingerprint density at radius 1 is 1.19 bits per heavy atom. The van der Waals surface area contributed by atoms with Crippen LogP contribution in [-0.4, -0.2) is 24.9 Å². The maximum atomic E-state index is 6.29. The number of nitrogens with one attached hydrogen (secondary N) is 1. The SMILES string of the molecule is CNC(/C1=C/CCCCCC1)C1CSc2ccccc2O1. The Labute approximate surface area is 132 Å².